The molecule has 2 N–H and O–H groups in total. The Morgan fingerprint density at radius 3 is 2.22 bits per heavy atom. The molecule has 0 aliphatic heterocycles. The van der Waals surface area contributed by atoms with E-state index in [0.29, 0.717) is 11.8 Å². The van der Waals surface area contributed by atoms with E-state index < -0.39 is 40.2 Å². The van der Waals surface area contributed by atoms with Crippen LogP contribution in [0.3, 0.4) is 0 Å². The number of methoxy groups -OCH3 is 1. The first-order chi connectivity index (χ1) is 12.7. The Bertz CT molecular complexity index is 899. The molecular weight excluding hydrogens is 382 g/mol. The molecule has 27 heavy (non-hydrogen) atoms. The van der Waals surface area contributed by atoms with Crippen LogP contribution in [0.5, 0.6) is 5.75 Å². The summed E-state index contributed by atoms with van der Waals surface area (Å²) in [5.74, 6) is -2.34. The molecular formula is C17H18F2N2O5S. The number of hydrogen-bond acceptors (Lipinski definition) is 5. The van der Waals surface area contributed by atoms with Crippen LogP contribution in [0.4, 0.5) is 8.78 Å². The first-order valence-corrected chi connectivity index (χ1v) is 9.18. The molecule has 0 aromatic heterocycles. The zero-order valence-electron chi connectivity index (χ0n) is 14.5. The van der Waals surface area contributed by atoms with Gasteiger partial charge in [-0.25, -0.2) is 22.7 Å². The number of nitrogens with zero attached hydrogens (tertiary/aromatic N) is 1. The van der Waals surface area contributed by atoms with Crippen LogP contribution >= 0.6 is 0 Å². The average molecular weight is 400 g/mol. The van der Waals surface area contributed by atoms with Crippen molar-refractivity contribution in [3.63, 3.8) is 0 Å². The molecule has 0 bridgehead atoms. The smallest absolute Gasteiger partial charge is 0.261 e. The Kier molecular flexibility index (Phi) is 6.47. The highest BCUT2D eigenvalue weighted by molar-refractivity contribution is 7.89. The number of nitrogens with one attached hydrogen (secondary N) is 1. The number of hydroxylamine groups is 1. The number of sulfonamides is 1. The van der Waals surface area contributed by atoms with Gasteiger partial charge >= 0.3 is 0 Å². The highest BCUT2D eigenvalue weighted by Gasteiger charge is 2.33. The van der Waals surface area contributed by atoms with E-state index in [0.717, 1.165) is 16.4 Å². The fourth-order valence-corrected chi connectivity index (χ4v) is 4.00. The minimum atomic E-state index is -4.24. The summed E-state index contributed by atoms with van der Waals surface area (Å²) in [6, 6.07) is 6.61. The van der Waals surface area contributed by atoms with E-state index in [9.17, 15) is 22.0 Å². The first-order valence-electron chi connectivity index (χ1n) is 7.74. The molecule has 0 saturated carbocycles. The molecule has 2 rings (SSSR count). The quantitative estimate of drug-likeness (QED) is 0.548. The van der Waals surface area contributed by atoms with Crippen molar-refractivity contribution in [1.29, 1.82) is 0 Å². The second-order valence-corrected chi connectivity index (χ2v) is 7.55. The number of carbonyl (C=O) groups is 1. The molecule has 7 nitrogen and oxygen atoms in total. The summed E-state index contributed by atoms with van der Waals surface area (Å²) in [5, 5.41) is 8.86. The summed E-state index contributed by atoms with van der Waals surface area (Å²) in [7, 11) is -2.82. The molecule has 10 heteroatoms. The Morgan fingerprint density at radius 1 is 1.19 bits per heavy atom. The van der Waals surface area contributed by atoms with Crippen LogP contribution in [0.15, 0.2) is 47.4 Å². The molecule has 0 radical (unpaired) electrons. The fraction of sp³-hybridized carbons (Fsp3) is 0.235. The van der Waals surface area contributed by atoms with Gasteiger partial charge in [0, 0.05) is 12.6 Å². The molecule has 0 heterocycles. The molecule has 146 valence electrons. The number of hydrogen-bond donors (Lipinski definition) is 2. The minimum Gasteiger partial charge on any atom is -0.497 e. The number of rotatable bonds is 7. The lowest BCUT2D eigenvalue weighted by Crippen LogP contribution is -2.46. The van der Waals surface area contributed by atoms with E-state index in [-0.39, 0.29) is 10.5 Å². The van der Waals surface area contributed by atoms with Crippen LogP contribution in [0, 0.1) is 11.6 Å². The van der Waals surface area contributed by atoms with E-state index in [1.165, 1.54) is 43.8 Å². The second-order valence-electron chi connectivity index (χ2n) is 5.66. The van der Waals surface area contributed by atoms with Crippen molar-refractivity contribution in [3.8, 4) is 5.75 Å². The Balaban J connectivity index is 2.48. The van der Waals surface area contributed by atoms with Crippen LogP contribution in [0.2, 0.25) is 0 Å². The Morgan fingerprint density at radius 2 is 1.74 bits per heavy atom. The largest absolute Gasteiger partial charge is 0.497 e. The van der Waals surface area contributed by atoms with Crippen molar-refractivity contribution >= 4 is 15.9 Å². The SMILES string of the molecule is COc1ccc(S(=O)(=O)N(Cc2cc(F)cc(F)c2)[C@H](C)C(=O)NO)cc1. The number of benzene rings is 2. The molecule has 1 atom stereocenters. The number of halogens is 2. The van der Waals surface area contributed by atoms with Crippen molar-refractivity contribution in [2.24, 2.45) is 0 Å². The van der Waals surface area contributed by atoms with E-state index in [2.05, 4.69) is 0 Å². The lowest BCUT2D eigenvalue weighted by atomic mass is 10.2. The zero-order chi connectivity index (χ0) is 20.2. The van der Waals surface area contributed by atoms with Crippen molar-refractivity contribution in [2.45, 2.75) is 24.4 Å². The first kappa shape index (κ1) is 20.7. The van der Waals surface area contributed by atoms with Crippen molar-refractivity contribution in [3.05, 3.63) is 59.7 Å². The van der Waals surface area contributed by atoms with Crippen molar-refractivity contribution in [2.75, 3.05) is 7.11 Å². The summed E-state index contributed by atoms with van der Waals surface area (Å²) in [4.78, 5) is 11.7. The summed E-state index contributed by atoms with van der Waals surface area (Å²) in [5.41, 5.74) is 1.38. The highest BCUT2D eigenvalue weighted by atomic mass is 32.2. The van der Waals surface area contributed by atoms with Gasteiger partial charge in [-0.05, 0) is 48.9 Å². The third-order valence-electron chi connectivity index (χ3n) is 3.85. The summed E-state index contributed by atoms with van der Waals surface area (Å²) < 4.78 is 58.6. The van der Waals surface area contributed by atoms with Crippen LogP contribution < -0.4 is 10.2 Å². The fourth-order valence-electron chi connectivity index (χ4n) is 2.42. The Hall–Kier alpha value is -2.56. The van der Waals surface area contributed by atoms with Crippen LogP contribution in [-0.2, 0) is 21.4 Å². The minimum absolute atomic E-state index is 0.00202. The topological polar surface area (TPSA) is 95.9 Å². The predicted molar refractivity (Wildman–Crippen MR) is 91.5 cm³/mol. The molecule has 0 unspecified atom stereocenters. The summed E-state index contributed by atoms with van der Waals surface area (Å²) >= 11 is 0. The molecule has 2 aromatic rings. The third-order valence-corrected chi connectivity index (χ3v) is 5.78. The number of carbonyl (C=O) groups excluding carboxylic acids is 1. The highest BCUT2D eigenvalue weighted by Crippen LogP contribution is 2.24. The monoisotopic (exact) mass is 400 g/mol. The molecule has 1 amide bonds. The second kappa shape index (κ2) is 8.42. The van der Waals surface area contributed by atoms with Gasteiger partial charge < -0.3 is 4.74 Å². The molecule has 0 fully saturated rings. The number of ether oxygens (including phenoxy) is 1. The summed E-state index contributed by atoms with van der Waals surface area (Å²) in [6.07, 6.45) is 0. The van der Waals surface area contributed by atoms with Gasteiger partial charge in [-0.15, -0.1) is 0 Å². The van der Waals surface area contributed by atoms with Crippen LogP contribution in [0.1, 0.15) is 12.5 Å². The molecule has 2 aromatic carbocycles. The molecule has 0 spiro atoms. The van der Waals surface area contributed by atoms with Gasteiger partial charge in [0.05, 0.1) is 12.0 Å². The lowest BCUT2D eigenvalue weighted by molar-refractivity contribution is -0.132. The van der Waals surface area contributed by atoms with Gasteiger partial charge in [-0.3, -0.25) is 10.0 Å². The van der Waals surface area contributed by atoms with Gasteiger partial charge in [0.25, 0.3) is 5.91 Å². The van der Waals surface area contributed by atoms with Crippen molar-refractivity contribution < 1.29 is 31.9 Å². The maximum atomic E-state index is 13.5. The number of amides is 1. The van der Waals surface area contributed by atoms with Crippen LogP contribution in [0.25, 0.3) is 0 Å². The Labute approximate surface area is 155 Å². The van der Waals surface area contributed by atoms with Gasteiger partial charge in [0.15, 0.2) is 0 Å². The maximum Gasteiger partial charge on any atom is 0.261 e. The van der Waals surface area contributed by atoms with E-state index in [1.807, 2.05) is 0 Å². The van der Waals surface area contributed by atoms with Crippen LogP contribution in [-0.4, -0.2) is 37.0 Å². The maximum absolute atomic E-state index is 13.5. The van der Waals surface area contributed by atoms with Gasteiger partial charge in [-0.2, -0.15) is 4.31 Å². The molecule has 0 aliphatic rings. The van der Waals surface area contributed by atoms with Gasteiger partial charge in [0.2, 0.25) is 10.0 Å². The standard InChI is InChI=1S/C17H18F2N2O5S/c1-11(17(22)20-23)21(10-12-7-13(18)9-14(19)8-12)27(24,25)16-5-3-15(26-2)4-6-16/h3-9,11,23H,10H2,1-2H3,(H,20,22)/t11-/m1/s1. The van der Waals surface area contributed by atoms with Gasteiger partial charge in [-0.1, -0.05) is 0 Å². The van der Waals surface area contributed by atoms with Gasteiger partial charge in [0.1, 0.15) is 23.4 Å². The molecule has 0 aliphatic carbocycles. The van der Waals surface area contributed by atoms with E-state index in [4.69, 9.17) is 9.94 Å². The van der Waals surface area contributed by atoms with Crippen molar-refractivity contribution in [1.82, 2.24) is 9.79 Å². The zero-order valence-corrected chi connectivity index (χ0v) is 15.3. The summed E-state index contributed by atoms with van der Waals surface area (Å²) in [6.45, 7) is 0.750. The van der Waals surface area contributed by atoms with E-state index in [1.54, 1.807) is 0 Å². The third kappa shape index (κ3) is 4.79. The predicted octanol–water partition coefficient (Wildman–Crippen LogP) is 2.06. The normalized spacial score (nSPS) is 12.7. The lowest BCUT2D eigenvalue weighted by Gasteiger charge is -2.27. The average Bonchev–Trinajstić information content (AvgIpc) is 2.64. The molecule has 0 saturated heterocycles. The van der Waals surface area contributed by atoms with E-state index >= 15 is 0 Å².